The minimum absolute atomic E-state index is 0.0223. The first kappa shape index (κ1) is 12.4. The second-order valence-corrected chi connectivity index (χ2v) is 5.10. The second kappa shape index (κ2) is 5.52. The summed E-state index contributed by atoms with van der Waals surface area (Å²) in [7, 11) is 0. The summed E-state index contributed by atoms with van der Waals surface area (Å²) in [5.41, 5.74) is 0. The van der Waals surface area contributed by atoms with E-state index in [-0.39, 0.29) is 18.0 Å². The molecule has 0 radical (unpaired) electrons. The van der Waals surface area contributed by atoms with E-state index in [0.717, 1.165) is 45.2 Å². The maximum absolute atomic E-state index is 12.0. The van der Waals surface area contributed by atoms with Gasteiger partial charge in [0.1, 0.15) is 5.78 Å². The minimum Gasteiger partial charge on any atom is -0.338 e. The number of hydrogen-bond donors (Lipinski definition) is 1. The third kappa shape index (κ3) is 2.61. The molecule has 1 aliphatic heterocycles. The van der Waals surface area contributed by atoms with E-state index in [1.165, 1.54) is 0 Å². The van der Waals surface area contributed by atoms with Crippen LogP contribution in [0.15, 0.2) is 0 Å². The Kier molecular flexibility index (Phi) is 4.02. The van der Waals surface area contributed by atoms with Gasteiger partial charge >= 0.3 is 6.03 Å². The number of carbonyl (C=O) groups is 2. The highest BCUT2D eigenvalue weighted by atomic mass is 16.2. The first-order valence-electron chi connectivity index (χ1n) is 6.81. The van der Waals surface area contributed by atoms with Crippen LogP contribution in [0, 0.1) is 5.92 Å². The Labute approximate surface area is 103 Å². The molecule has 1 N–H and O–H groups in total. The van der Waals surface area contributed by atoms with Crippen LogP contribution in [0.3, 0.4) is 0 Å². The fraction of sp³-hybridized carbons (Fsp3) is 0.846. The van der Waals surface area contributed by atoms with Crippen LogP contribution in [-0.4, -0.2) is 35.8 Å². The maximum atomic E-state index is 12.0. The van der Waals surface area contributed by atoms with Gasteiger partial charge in [0.15, 0.2) is 0 Å². The molecule has 2 rings (SSSR count). The Balaban J connectivity index is 1.96. The smallest absolute Gasteiger partial charge is 0.317 e. The van der Waals surface area contributed by atoms with Crippen LogP contribution in [0.5, 0.6) is 0 Å². The Morgan fingerprint density at radius 1 is 1.41 bits per heavy atom. The van der Waals surface area contributed by atoms with Crippen LogP contribution in [0.4, 0.5) is 4.79 Å². The molecule has 1 aliphatic carbocycles. The van der Waals surface area contributed by atoms with Gasteiger partial charge in [-0.1, -0.05) is 6.92 Å². The van der Waals surface area contributed by atoms with Gasteiger partial charge in [0, 0.05) is 31.5 Å². The van der Waals surface area contributed by atoms with Crippen LogP contribution >= 0.6 is 0 Å². The Morgan fingerprint density at radius 2 is 2.24 bits per heavy atom. The molecule has 2 fully saturated rings. The van der Waals surface area contributed by atoms with Crippen molar-refractivity contribution in [1.82, 2.24) is 10.2 Å². The predicted molar refractivity (Wildman–Crippen MR) is 65.8 cm³/mol. The third-order valence-electron chi connectivity index (χ3n) is 3.90. The average Bonchev–Trinajstić information content (AvgIpc) is 2.93. The zero-order valence-corrected chi connectivity index (χ0v) is 10.6. The van der Waals surface area contributed by atoms with Crippen molar-refractivity contribution in [2.75, 3.05) is 13.1 Å². The van der Waals surface area contributed by atoms with Gasteiger partial charge in [0.05, 0.1) is 0 Å². The molecule has 4 nitrogen and oxygen atoms in total. The number of rotatable bonds is 3. The standard InChI is InChI=1S/C13H22N2O2/c1-2-8-14-13(17)15-9-4-6-11(15)10-5-3-7-12(10)16/h10-11H,2-9H2,1H3,(H,14,17). The molecule has 0 spiro atoms. The predicted octanol–water partition coefficient (Wildman–Crippen LogP) is 1.94. The van der Waals surface area contributed by atoms with Crippen molar-refractivity contribution in [2.45, 2.75) is 51.5 Å². The monoisotopic (exact) mass is 238 g/mol. The fourth-order valence-corrected chi connectivity index (χ4v) is 3.05. The molecule has 0 bridgehead atoms. The van der Waals surface area contributed by atoms with Crippen molar-refractivity contribution in [3.05, 3.63) is 0 Å². The summed E-state index contributed by atoms with van der Waals surface area (Å²) >= 11 is 0. The Hall–Kier alpha value is -1.06. The zero-order chi connectivity index (χ0) is 12.3. The third-order valence-corrected chi connectivity index (χ3v) is 3.90. The van der Waals surface area contributed by atoms with E-state index in [1.54, 1.807) is 0 Å². The molecule has 17 heavy (non-hydrogen) atoms. The van der Waals surface area contributed by atoms with E-state index in [0.29, 0.717) is 12.2 Å². The lowest BCUT2D eigenvalue weighted by atomic mass is 9.95. The van der Waals surface area contributed by atoms with Crippen LogP contribution in [-0.2, 0) is 4.79 Å². The minimum atomic E-state index is 0.0223. The fourth-order valence-electron chi connectivity index (χ4n) is 3.05. The summed E-state index contributed by atoms with van der Waals surface area (Å²) in [6, 6.07) is 0.191. The molecule has 1 saturated heterocycles. The number of urea groups is 1. The number of Topliss-reactive ketones (excluding diaryl/α,β-unsaturated/α-hetero) is 1. The molecule has 96 valence electrons. The largest absolute Gasteiger partial charge is 0.338 e. The molecule has 2 atom stereocenters. The van der Waals surface area contributed by atoms with Crippen molar-refractivity contribution >= 4 is 11.8 Å². The van der Waals surface area contributed by atoms with E-state index >= 15 is 0 Å². The van der Waals surface area contributed by atoms with E-state index in [4.69, 9.17) is 0 Å². The number of nitrogens with zero attached hydrogens (tertiary/aromatic N) is 1. The number of nitrogens with one attached hydrogen (secondary N) is 1. The highest BCUT2D eigenvalue weighted by Crippen LogP contribution is 2.33. The summed E-state index contributed by atoms with van der Waals surface area (Å²) in [5, 5.41) is 2.92. The summed E-state index contributed by atoms with van der Waals surface area (Å²) < 4.78 is 0. The van der Waals surface area contributed by atoms with Crippen LogP contribution in [0.2, 0.25) is 0 Å². The molecular weight excluding hydrogens is 216 g/mol. The molecule has 1 saturated carbocycles. The number of carbonyl (C=O) groups excluding carboxylic acids is 2. The average molecular weight is 238 g/mol. The van der Waals surface area contributed by atoms with Gasteiger partial charge < -0.3 is 10.2 Å². The van der Waals surface area contributed by atoms with E-state index in [9.17, 15) is 9.59 Å². The van der Waals surface area contributed by atoms with Crippen LogP contribution in [0.1, 0.15) is 45.4 Å². The van der Waals surface area contributed by atoms with Crippen molar-refractivity contribution in [3.8, 4) is 0 Å². The number of likely N-dealkylation sites (tertiary alicyclic amines) is 1. The van der Waals surface area contributed by atoms with Crippen molar-refractivity contribution in [3.63, 3.8) is 0 Å². The quantitative estimate of drug-likeness (QED) is 0.817. The van der Waals surface area contributed by atoms with Crippen molar-refractivity contribution < 1.29 is 9.59 Å². The highest BCUT2D eigenvalue weighted by Gasteiger charge is 2.39. The zero-order valence-electron chi connectivity index (χ0n) is 10.6. The van der Waals surface area contributed by atoms with Gasteiger partial charge in [-0.2, -0.15) is 0 Å². The lowest BCUT2D eigenvalue weighted by Crippen LogP contribution is -2.46. The first-order chi connectivity index (χ1) is 8.24. The molecular formula is C13H22N2O2. The van der Waals surface area contributed by atoms with Gasteiger partial charge in [-0.05, 0) is 32.1 Å². The summed E-state index contributed by atoms with van der Waals surface area (Å²) in [6.07, 6.45) is 5.67. The topological polar surface area (TPSA) is 49.4 Å². The Bertz CT molecular complexity index is 304. The second-order valence-electron chi connectivity index (χ2n) is 5.10. The lowest BCUT2D eigenvalue weighted by molar-refractivity contribution is -0.121. The van der Waals surface area contributed by atoms with Gasteiger partial charge in [-0.25, -0.2) is 4.79 Å². The SMILES string of the molecule is CCCNC(=O)N1CCCC1C1CCCC1=O. The molecule has 2 amide bonds. The Morgan fingerprint density at radius 3 is 2.88 bits per heavy atom. The van der Waals surface area contributed by atoms with E-state index in [1.807, 2.05) is 11.8 Å². The van der Waals surface area contributed by atoms with Gasteiger partial charge in [0.25, 0.3) is 0 Å². The molecule has 0 aromatic rings. The number of ketones is 1. The number of hydrogen-bond acceptors (Lipinski definition) is 2. The van der Waals surface area contributed by atoms with Crippen LogP contribution in [0.25, 0.3) is 0 Å². The van der Waals surface area contributed by atoms with Gasteiger partial charge in [-0.15, -0.1) is 0 Å². The molecule has 0 aromatic heterocycles. The summed E-state index contributed by atoms with van der Waals surface area (Å²) in [6.45, 7) is 3.58. The number of amides is 2. The maximum Gasteiger partial charge on any atom is 0.317 e. The van der Waals surface area contributed by atoms with Crippen molar-refractivity contribution in [2.24, 2.45) is 5.92 Å². The molecule has 2 aliphatic rings. The lowest BCUT2D eigenvalue weighted by Gasteiger charge is -2.28. The van der Waals surface area contributed by atoms with Gasteiger partial charge in [0.2, 0.25) is 0 Å². The summed E-state index contributed by atoms with van der Waals surface area (Å²) in [4.78, 5) is 25.7. The molecule has 0 aromatic carbocycles. The van der Waals surface area contributed by atoms with Crippen LogP contribution < -0.4 is 5.32 Å². The van der Waals surface area contributed by atoms with Gasteiger partial charge in [-0.3, -0.25) is 4.79 Å². The molecule has 1 heterocycles. The molecule has 4 heteroatoms. The van der Waals surface area contributed by atoms with Crippen molar-refractivity contribution in [1.29, 1.82) is 0 Å². The molecule has 2 unspecified atom stereocenters. The normalized spacial score (nSPS) is 28.8. The summed E-state index contributed by atoms with van der Waals surface area (Å²) in [5.74, 6) is 0.482. The highest BCUT2D eigenvalue weighted by molar-refractivity contribution is 5.84. The van der Waals surface area contributed by atoms with E-state index < -0.39 is 0 Å². The first-order valence-corrected chi connectivity index (χ1v) is 6.81. The van der Waals surface area contributed by atoms with E-state index in [2.05, 4.69) is 5.32 Å².